The number of pyridine rings is 1. The first-order chi connectivity index (χ1) is 10.1. The van der Waals surface area contributed by atoms with E-state index in [9.17, 15) is 9.59 Å². The molecule has 0 saturated heterocycles. The molecule has 1 N–H and O–H groups in total. The van der Waals surface area contributed by atoms with Crippen LogP contribution in [0.4, 0.5) is 0 Å². The van der Waals surface area contributed by atoms with E-state index in [1.807, 2.05) is 6.07 Å². The Labute approximate surface area is 119 Å². The van der Waals surface area contributed by atoms with Crippen molar-refractivity contribution in [2.45, 2.75) is 0 Å². The van der Waals surface area contributed by atoms with Gasteiger partial charge in [-0.15, -0.1) is 0 Å². The third-order valence-corrected chi connectivity index (χ3v) is 3.20. The largest absolute Gasteiger partial charge is 0.354 e. The van der Waals surface area contributed by atoms with Crippen molar-refractivity contribution in [3.63, 3.8) is 0 Å². The van der Waals surface area contributed by atoms with Crippen LogP contribution in [0.15, 0.2) is 41.7 Å². The number of nitrogens with zero attached hydrogens (tertiary/aromatic N) is 4. The quantitative estimate of drug-likeness (QED) is 0.740. The van der Waals surface area contributed by atoms with Gasteiger partial charge in [-0.2, -0.15) is 0 Å². The lowest BCUT2D eigenvalue weighted by Crippen LogP contribution is -2.17. The number of nitrogens with one attached hydrogen (secondary N) is 1. The highest BCUT2D eigenvalue weighted by atomic mass is 16.1. The van der Waals surface area contributed by atoms with Crippen LogP contribution in [0.5, 0.6) is 0 Å². The zero-order valence-electron chi connectivity index (χ0n) is 11.6. The highest BCUT2D eigenvalue weighted by molar-refractivity contribution is 5.92. The monoisotopic (exact) mass is 283 g/mol. The Bertz CT molecular complexity index is 894. The van der Waals surface area contributed by atoms with Crippen molar-refractivity contribution in [1.82, 2.24) is 24.3 Å². The van der Waals surface area contributed by atoms with Crippen molar-refractivity contribution in [2.75, 3.05) is 7.05 Å². The number of imidazole rings is 1. The second-order valence-corrected chi connectivity index (χ2v) is 4.61. The Morgan fingerprint density at radius 2 is 2.14 bits per heavy atom. The molecule has 0 aliphatic heterocycles. The molecule has 0 aliphatic rings. The molecule has 3 aromatic rings. The summed E-state index contributed by atoms with van der Waals surface area (Å²) in [6, 6.07) is 3.33. The second-order valence-electron chi connectivity index (χ2n) is 4.61. The van der Waals surface area contributed by atoms with Crippen LogP contribution in [-0.4, -0.2) is 31.9 Å². The molecule has 0 saturated carbocycles. The number of aryl methyl sites for hydroxylation is 1. The van der Waals surface area contributed by atoms with Gasteiger partial charge in [0.25, 0.3) is 11.5 Å². The molecular formula is C14H13N5O2. The summed E-state index contributed by atoms with van der Waals surface area (Å²) in [5.41, 5.74) is 2.14. The molecule has 7 heteroatoms. The molecule has 0 aromatic carbocycles. The fourth-order valence-electron chi connectivity index (χ4n) is 1.99. The van der Waals surface area contributed by atoms with Crippen molar-refractivity contribution < 1.29 is 4.79 Å². The van der Waals surface area contributed by atoms with Gasteiger partial charge in [0.05, 0.1) is 11.9 Å². The molecule has 7 nitrogen and oxygen atoms in total. The molecule has 21 heavy (non-hydrogen) atoms. The number of aromatic nitrogens is 4. The van der Waals surface area contributed by atoms with Crippen molar-refractivity contribution in [3.8, 4) is 11.3 Å². The predicted octanol–water partition coefficient (Wildman–Crippen LogP) is 0.455. The van der Waals surface area contributed by atoms with Crippen LogP contribution in [0.1, 0.15) is 10.5 Å². The number of carbonyl (C=O) groups is 1. The molecule has 0 atom stereocenters. The van der Waals surface area contributed by atoms with E-state index in [0.717, 1.165) is 5.56 Å². The maximum atomic E-state index is 11.7. The first-order valence-electron chi connectivity index (χ1n) is 6.32. The van der Waals surface area contributed by atoms with Gasteiger partial charge in [0.15, 0.2) is 5.65 Å². The first-order valence-corrected chi connectivity index (χ1v) is 6.32. The second kappa shape index (κ2) is 4.86. The van der Waals surface area contributed by atoms with Gasteiger partial charge >= 0.3 is 0 Å². The summed E-state index contributed by atoms with van der Waals surface area (Å²) >= 11 is 0. The molecule has 106 valence electrons. The highest BCUT2D eigenvalue weighted by Gasteiger charge is 2.10. The van der Waals surface area contributed by atoms with Gasteiger partial charge in [0, 0.05) is 44.3 Å². The first kappa shape index (κ1) is 13.0. The van der Waals surface area contributed by atoms with Gasteiger partial charge in [-0.25, -0.2) is 4.98 Å². The Morgan fingerprint density at radius 1 is 1.33 bits per heavy atom. The standard InChI is InChI=1S/C14H13N5O2/c1-15-14(21)11-8-19-7-10(16-6-12(19)17-11)9-3-4-18(2)13(20)5-9/h3-8H,1-2H3,(H,15,21). The van der Waals surface area contributed by atoms with Crippen molar-refractivity contribution in [2.24, 2.45) is 7.05 Å². The highest BCUT2D eigenvalue weighted by Crippen LogP contribution is 2.15. The smallest absolute Gasteiger partial charge is 0.271 e. The van der Waals surface area contributed by atoms with Gasteiger partial charge in [0.1, 0.15) is 5.69 Å². The maximum absolute atomic E-state index is 11.7. The van der Waals surface area contributed by atoms with E-state index >= 15 is 0 Å². The van der Waals surface area contributed by atoms with Gasteiger partial charge in [-0.1, -0.05) is 0 Å². The fraction of sp³-hybridized carbons (Fsp3) is 0.143. The maximum Gasteiger partial charge on any atom is 0.271 e. The van der Waals surface area contributed by atoms with Crippen molar-refractivity contribution in [1.29, 1.82) is 0 Å². The number of amides is 1. The van der Waals surface area contributed by atoms with Crippen LogP contribution in [0.3, 0.4) is 0 Å². The van der Waals surface area contributed by atoms with E-state index < -0.39 is 0 Å². The average Bonchev–Trinajstić information content (AvgIpc) is 2.92. The minimum Gasteiger partial charge on any atom is -0.354 e. The lowest BCUT2D eigenvalue weighted by atomic mass is 10.2. The van der Waals surface area contributed by atoms with E-state index in [2.05, 4.69) is 15.3 Å². The predicted molar refractivity (Wildman–Crippen MR) is 77.1 cm³/mol. The lowest BCUT2D eigenvalue weighted by Gasteiger charge is -2.02. The van der Waals surface area contributed by atoms with Gasteiger partial charge < -0.3 is 14.3 Å². The molecule has 0 bridgehead atoms. The summed E-state index contributed by atoms with van der Waals surface area (Å²) in [7, 11) is 3.24. The SMILES string of the molecule is CNC(=O)c1cn2cc(-c3ccn(C)c(=O)c3)ncc2n1. The zero-order chi connectivity index (χ0) is 15.0. The molecule has 0 spiro atoms. The number of fused-ring (bicyclic) bond motifs is 1. The molecule has 1 amide bonds. The van der Waals surface area contributed by atoms with Crippen LogP contribution in [0.25, 0.3) is 16.9 Å². The number of carbonyl (C=O) groups excluding carboxylic acids is 1. The fourth-order valence-corrected chi connectivity index (χ4v) is 1.99. The van der Waals surface area contributed by atoms with Gasteiger partial charge in [-0.05, 0) is 6.07 Å². The third-order valence-electron chi connectivity index (χ3n) is 3.20. The molecule has 3 heterocycles. The van der Waals surface area contributed by atoms with Crippen LogP contribution < -0.4 is 10.9 Å². The molecule has 3 aromatic heterocycles. The van der Waals surface area contributed by atoms with E-state index in [1.54, 1.807) is 43.3 Å². The Balaban J connectivity index is 2.10. The zero-order valence-corrected chi connectivity index (χ0v) is 11.6. The normalized spacial score (nSPS) is 10.8. The molecule has 3 rings (SSSR count). The van der Waals surface area contributed by atoms with E-state index in [4.69, 9.17) is 0 Å². The molecular weight excluding hydrogens is 270 g/mol. The van der Waals surface area contributed by atoms with Crippen molar-refractivity contribution in [3.05, 3.63) is 53.0 Å². The van der Waals surface area contributed by atoms with Crippen LogP contribution in [0, 0.1) is 0 Å². The minimum atomic E-state index is -0.256. The summed E-state index contributed by atoms with van der Waals surface area (Å²) in [4.78, 5) is 31.7. The van der Waals surface area contributed by atoms with Gasteiger partial charge in [-0.3, -0.25) is 14.6 Å². The van der Waals surface area contributed by atoms with E-state index in [0.29, 0.717) is 17.0 Å². The molecule has 0 unspecified atom stereocenters. The number of hydrogen-bond donors (Lipinski definition) is 1. The van der Waals surface area contributed by atoms with Crippen molar-refractivity contribution >= 4 is 11.6 Å². The number of rotatable bonds is 2. The third kappa shape index (κ3) is 2.29. The Morgan fingerprint density at radius 3 is 2.86 bits per heavy atom. The van der Waals surface area contributed by atoms with E-state index in [-0.39, 0.29) is 11.5 Å². The lowest BCUT2D eigenvalue weighted by molar-refractivity contribution is 0.0959. The van der Waals surface area contributed by atoms with Crippen LogP contribution >= 0.6 is 0 Å². The minimum absolute atomic E-state index is 0.105. The summed E-state index contributed by atoms with van der Waals surface area (Å²) < 4.78 is 3.20. The molecule has 0 radical (unpaired) electrons. The average molecular weight is 283 g/mol. The molecule has 0 fully saturated rings. The molecule has 0 aliphatic carbocycles. The van der Waals surface area contributed by atoms with Crippen LogP contribution in [0.2, 0.25) is 0 Å². The van der Waals surface area contributed by atoms with Crippen LogP contribution in [-0.2, 0) is 7.05 Å². The topological polar surface area (TPSA) is 81.3 Å². The van der Waals surface area contributed by atoms with Gasteiger partial charge in [0.2, 0.25) is 0 Å². The Kier molecular flexibility index (Phi) is 3.02. The summed E-state index contributed by atoms with van der Waals surface area (Å²) in [6.45, 7) is 0. The summed E-state index contributed by atoms with van der Waals surface area (Å²) in [5, 5.41) is 2.52. The number of hydrogen-bond acceptors (Lipinski definition) is 4. The summed E-state index contributed by atoms with van der Waals surface area (Å²) in [5.74, 6) is -0.256. The summed E-state index contributed by atoms with van der Waals surface area (Å²) in [6.07, 6.45) is 6.62. The van der Waals surface area contributed by atoms with E-state index in [1.165, 1.54) is 10.6 Å². The Hall–Kier alpha value is -2.96.